The van der Waals surface area contributed by atoms with Gasteiger partial charge in [0.1, 0.15) is 11.2 Å². The van der Waals surface area contributed by atoms with Gasteiger partial charge >= 0.3 is 11.9 Å². The van der Waals surface area contributed by atoms with E-state index in [1.807, 2.05) is 12.1 Å². The number of pyridine rings is 1. The van der Waals surface area contributed by atoms with Crippen LogP contribution in [0.2, 0.25) is 10.0 Å². The van der Waals surface area contributed by atoms with Crippen LogP contribution < -0.4 is 26.6 Å². The van der Waals surface area contributed by atoms with E-state index in [9.17, 15) is 27.9 Å². The molecule has 0 spiro atoms. The average molecular weight is 759 g/mol. The van der Waals surface area contributed by atoms with Gasteiger partial charge in [-0.3, -0.25) is 13.9 Å². The van der Waals surface area contributed by atoms with Crippen molar-refractivity contribution in [2.24, 2.45) is 14.1 Å². The molecule has 0 unspecified atom stereocenters. The lowest BCUT2D eigenvalue weighted by Gasteiger charge is -2.31. The van der Waals surface area contributed by atoms with Crippen molar-refractivity contribution in [1.82, 2.24) is 29.4 Å². The number of methoxy groups -OCH3 is 1. The molecule has 0 amide bonds. The molecule has 4 heterocycles. The number of aromatic nitrogens is 5. The second-order valence-corrected chi connectivity index (χ2v) is 13.4. The Bertz CT molecular complexity index is 2350. The van der Waals surface area contributed by atoms with E-state index in [4.69, 9.17) is 37.7 Å². The summed E-state index contributed by atoms with van der Waals surface area (Å²) in [6.45, 7) is 0.848. The van der Waals surface area contributed by atoms with Gasteiger partial charge < -0.3 is 25.2 Å². The topological polar surface area (TPSA) is 145 Å². The smallest absolute Gasteiger partial charge is 0.451 e. The predicted octanol–water partition coefficient (Wildman–Crippen LogP) is 5.56. The van der Waals surface area contributed by atoms with Crippen molar-refractivity contribution in [2.75, 3.05) is 25.6 Å². The van der Waals surface area contributed by atoms with Crippen molar-refractivity contribution < 1.29 is 27.8 Å². The summed E-state index contributed by atoms with van der Waals surface area (Å²) < 4.78 is 54.4. The molecule has 52 heavy (non-hydrogen) atoms. The Hall–Kier alpha value is -4.54. The summed E-state index contributed by atoms with van der Waals surface area (Å²) >= 11 is 14.0. The molecule has 1 fully saturated rings. The molecule has 0 radical (unpaired) electrons. The number of nitrogens with one attached hydrogen (secondary N) is 2. The highest BCUT2D eigenvalue weighted by molar-refractivity contribution is 6.39. The highest BCUT2D eigenvalue weighted by Gasteiger charge is 2.37. The Kier molecular flexibility index (Phi) is 9.50. The van der Waals surface area contributed by atoms with Crippen LogP contribution in [0, 0.1) is 0 Å². The number of benzene rings is 2. The minimum atomic E-state index is -4.99. The number of rotatable bonds is 7. The lowest BCUT2D eigenvalue weighted by atomic mass is 9.99. The molecule has 1 aliphatic carbocycles. The van der Waals surface area contributed by atoms with Crippen LogP contribution in [0.25, 0.3) is 33.4 Å². The van der Waals surface area contributed by atoms with Crippen LogP contribution in [-0.4, -0.2) is 61.7 Å². The van der Waals surface area contributed by atoms with E-state index >= 15 is 0 Å². The number of aliphatic hydroxyl groups excluding tert-OH is 1. The van der Waals surface area contributed by atoms with Crippen molar-refractivity contribution in [3.05, 3.63) is 90.3 Å². The van der Waals surface area contributed by atoms with Crippen LogP contribution in [0.3, 0.4) is 0 Å². The van der Waals surface area contributed by atoms with Crippen LogP contribution in [0.4, 0.5) is 24.7 Å². The summed E-state index contributed by atoms with van der Waals surface area (Å²) in [4.78, 5) is 37.7. The molecule has 7 rings (SSSR count). The number of aliphatic hydroxyl groups is 1. The van der Waals surface area contributed by atoms with E-state index in [1.54, 1.807) is 31.4 Å². The lowest BCUT2D eigenvalue weighted by molar-refractivity contribution is -0.144. The first-order valence-electron chi connectivity index (χ1n) is 16.3. The summed E-state index contributed by atoms with van der Waals surface area (Å²) in [7, 11) is 3.96. The fraction of sp³-hybridized carbons (Fsp3) is 0.343. The number of ether oxygens (including phenoxy) is 2. The Morgan fingerprint density at radius 1 is 0.981 bits per heavy atom. The van der Waals surface area contributed by atoms with Gasteiger partial charge in [0.15, 0.2) is 5.65 Å². The minimum Gasteiger partial charge on any atom is -0.481 e. The van der Waals surface area contributed by atoms with Crippen LogP contribution in [-0.2, 0) is 31.4 Å². The molecule has 2 aliphatic rings. The Morgan fingerprint density at radius 2 is 1.69 bits per heavy atom. The molecule has 5 aromatic rings. The van der Waals surface area contributed by atoms with Crippen molar-refractivity contribution in [1.29, 1.82) is 0 Å². The molecular formula is C35H32Cl2F3N7O5. The second kappa shape index (κ2) is 13.8. The fourth-order valence-electron chi connectivity index (χ4n) is 6.82. The molecule has 1 saturated heterocycles. The molecule has 3 aromatic heterocycles. The van der Waals surface area contributed by atoms with Gasteiger partial charge in [-0.1, -0.05) is 53.5 Å². The van der Waals surface area contributed by atoms with E-state index in [0.717, 1.165) is 33.1 Å². The zero-order chi connectivity index (χ0) is 37.1. The highest BCUT2D eigenvalue weighted by Crippen LogP contribution is 2.45. The first-order chi connectivity index (χ1) is 24.8. The summed E-state index contributed by atoms with van der Waals surface area (Å²) in [5.74, 6) is -1.59. The number of halogens is 5. The van der Waals surface area contributed by atoms with Gasteiger partial charge in [0, 0.05) is 55.0 Å². The van der Waals surface area contributed by atoms with E-state index in [1.165, 1.54) is 20.2 Å². The van der Waals surface area contributed by atoms with E-state index < -0.39 is 40.8 Å². The SMILES string of the molecule is COc1nc(-c2cccc(-c3cccc(Nc4nc(C(F)(F)F)nc5c4c(=O)n(C)c(=O)n5C)c3Cl)c2Cl)cc2c1[C@@H](N[C@H]1CCOC[C@@H]1O)CC2. The number of fused-ring (bicyclic) bond motifs is 2. The third kappa shape index (κ3) is 6.30. The van der Waals surface area contributed by atoms with Crippen molar-refractivity contribution in [3.8, 4) is 28.3 Å². The largest absolute Gasteiger partial charge is 0.481 e. The monoisotopic (exact) mass is 757 g/mol. The highest BCUT2D eigenvalue weighted by atomic mass is 35.5. The third-order valence-electron chi connectivity index (χ3n) is 9.47. The normalized spacial score (nSPS) is 18.8. The van der Waals surface area contributed by atoms with E-state index in [0.29, 0.717) is 46.3 Å². The molecule has 272 valence electrons. The van der Waals surface area contributed by atoms with Crippen molar-refractivity contribution in [2.45, 2.75) is 43.6 Å². The van der Waals surface area contributed by atoms with Gasteiger partial charge in [0.25, 0.3) is 5.56 Å². The maximum Gasteiger partial charge on any atom is 0.451 e. The first-order valence-corrected chi connectivity index (χ1v) is 17.0. The fourth-order valence-corrected chi connectivity index (χ4v) is 7.42. The van der Waals surface area contributed by atoms with Crippen LogP contribution >= 0.6 is 23.2 Å². The minimum absolute atomic E-state index is 0.0654. The Morgan fingerprint density at radius 3 is 2.40 bits per heavy atom. The number of alkyl halides is 3. The van der Waals surface area contributed by atoms with E-state index in [2.05, 4.69) is 20.6 Å². The Labute approximate surface area is 304 Å². The summed E-state index contributed by atoms with van der Waals surface area (Å²) in [6.07, 6.45) is -3.37. The quantitative estimate of drug-likeness (QED) is 0.193. The number of aryl methyl sites for hydroxylation is 2. The molecule has 3 N–H and O–H groups in total. The molecule has 1 aliphatic heterocycles. The van der Waals surface area contributed by atoms with E-state index in [-0.39, 0.29) is 34.8 Å². The summed E-state index contributed by atoms with van der Waals surface area (Å²) in [5, 5.41) is 16.8. The van der Waals surface area contributed by atoms with Gasteiger partial charge in [-0.2, -0.15) is 13.2 Å². The number of nitrogens with zero attached hydrogens (tertiary/aromatic N) is 5. The Balaban J connectivity index is 1.27. The maximum atomic E-state index is 13.9. The molecule has 0 saturated carbocycles. The standard InChI is InChI=1S/C35H32Cl2F3N7O5/c1-46-30-26(32(49)47(2)34(46)50)29(44-33(45-30)35(38,39)40)42-22-9-5-7-18(28(22)37)17-6-4-8-19(27(17)36)23-14-16-10-11-21(25(16)31(43-23)51-3)41-20-12-13-52-15-24(20)48/h4-9,14,20-21,24,41,48H,10-13,15H2,1-3H3,(H,42,44,45)/t20-,21-,24-/m0/s1. The zero-order valence-corrected chi connectivity index (χ0v) is 29.5. The third-order valence-corrected chi connectivity index (χ3v) is 10.3. The maximum absolute atomic E-state index is 13.9. The van der Waals surface area contributed by atoms with Gasteiger partial charge in [0.2, 0.25) is 11.7 Å². The number of hydrogen-bond donors (Lipinski definition) is 3. The summed E-state index contributed by atoms with van der Waals surface area (Å²) in [6, 6.07) is 11.9. The van der Waals surface area contributed by atoms with Gasteiger partial charge in [0.05, 0.1) is 41.2 Å². The van der Waals surface area contributed by atoms with Crippen molar-refractivity contribution >= 4 is 45.7 Å². The number of hydrogen-bond acceptors (Lipinski definition) is 10. The number of anilines is 2. The lowest BCUT2D eigenvalue weighted by Crippen LogP contribution is -2.47. The predicted molar refractivity (Wildman–Crippen MR) is 189 cm³/mol. The van der Waals surface area contributed by atoms with Crippen LogP contribution in [0.5, 0.6) is 5.88 Å². The second-order valence-electron chi connectivity index (χ2n) is 12.6. The first kappa shape index (κ1) is 35.8. The van der Waals surface area contributed by atoms with Gasteiger partial charge in [-0.25, -0.2) is 19.7 Å². The molecule has 2 aromatic carbocycles. The molecule has 12 nitrogen and oxygen atoms in total. The zero-order valence-electron chi connectivity index (χ0n) is 28.0. The van der Waals surface area contributed by atoms with Gasteiger partial charge in [-0.15, -0.1) is 0 Å². The van der Waals surface area contributed by atoms with Gasteiger partial charge in [-0.05, 0) is 37.0 Å². The summed E-state index contributed by atoms with van der Waals surface area (Å²) in [5.41, 5.74) is 1.93. The van der Waals surface area contributed by atoms with Crippen molar-refractivity contribution in [3.63, 3.8) is 0 Å². The van der Waals surface area contributed by atoms with Crippen LogP contribution in [0.15, 0.2) is 52.1 Å². The average Bonchev–Trinajstić information content (AvgIpc) is 3.53. The molecule has 0 bridgehead atoms. The molecule has 3 atom stereocenters. The molecule has 17 heteroatoms. The molecular weight excluding hydrogens is 726 g/mol. The van der Waals surface area contributed by atoms with Crippen LogP contribution in [0.1, 0.15) is 35.8 Å².